The van der Waals surface area contributed by atoms with Gasteiger partial charge in [-0.2, -0.15) is 0 Å². The zero-order valence-electron chi connectivity index (χ0n) is 17.9. The fraction of sp³-hybridized carbons (Fsp3) is 0.500. The Balaban J connectivity index is 1.45. The zero-order valence-corrected chi connectivity index (χ0v) is 17.9. The standard InChI is InChI=1S/C24H33N5O/c1-2-25-23(28-19-24(11-7-12-24)21-9-4-3-5-10-21)27-18-20-8-6-13-26-22(20)29-14-16-30-17-15-29/h3-6,8-10,13H,2,7,11-12,14-19H2,1H3,(H2,25,27,28). The average molecular weight is 408 g/mol. The Morgan fingerprint density at radius 3 is 2.60 bits per heavy atom. The monoisotopic (exact) mass is 407 g/mol. The van der Waals surface area contributed by atoms with E-state index in [1.54, 1.807) is 0 Å². The van der Waals surface area contributed by atoms with Crippen LogP contribution in [0.2, 0.25) is 0 Å². The number of nitrogens with one attached hydrogen (secondary N) is 2. The number of guanidine groups is 1. The first kappa shape index (κ1) is 20.7. The molecule has 30 heavy (non-hydrogen) atoms. The molecule has 0 atom stereocenters. The summed E-state index contributed by atoms with van der Waals surface area (Å²) in [7, 11) is 0. The van der Waals surface area contributed by atoms with Gasteiger partial charge in [-0.25, -0.2) is 9.98 Å². The molecular formula is C24H33N5O. The van der Waals surface area contributed by atoms with Crippen LogP contribution in [0.1, 0.15) is 37.3 Å². The van der Waals surface area contributed by atoms with Gasteiger partial charge in [-0.15, -0.1) is 0 Å². The fourth-order valence-electron chi connectivity index (χ4n) is 4.34. The number of ether oxygens (including phenoxy) is 1. The third-order valence-corrected chi connectivity index (χ3v) is 6.22. The smallest absolute Gasteiger partial charge is 0.191 e. The Kier molecular flexibility index (Phi) is 6.84. The summed E-state index contributed by atoms with van der Waals surface area (Å²) < 4.78 is 5.49. The molecule has 160 valence electrons. The van der Waals surface area contributed by atoms with E-state index < -0.39 is 0 Å². The van der Waals surface area contributed by atoms with Gasteiger partial charge in [-0.1, -0.05) is 42.8 Å². The molecule has 0 radical (unpaired) electrons. The van der Waals surface area contributed by atoms with E-state index in [9.17, 15) is 0 Å². The molecule has 2 N–H and O–H groups in total. The van der Waals surface area contributed by atoms with Crippen LogP contribution in [0.25, 0.3) is 0 Å². The topological polar surface area (TPSA) is 61.8 Å². The van der Waals surface area contributed by atoms with E-state index in [-0.39, 0.29) is 5.41 Å². The maximum Gasteiger partial charge on any atom is 0.191 e. The number of anilines is 1. The molecule has 0 spiro atoms. The van der Waals surface area contributed by atoms with Gasteiger partial charge in [0.1, 0.15) is 5.82 Å². The van der Waals surface area contributed by atoms with Gasteiger partial charge in [0.05, 0.1) is 19.8 Å². The molecule has 1 aromatic carbocycles. The number of aromatic nitrogens is 1. The normalized spacial score (nSPS) is 18.6. The lowest BCUT2D eigenvalue weighted by Crippen LogP contribution is -2.48. The predicted octanol–water partition coefficient (Wildman–Crippen LogP) is 3.10. The Labute approximate surface area is 179 Å². The van der Waals surface area contributed by atoms with Crippen LogP contribution < -0.4 is 15.5 Å². The highest BCUT2D eigenvalue weighted by molar-refractivity contribution is 5.80. The maximum absolute atomic E-state index is 5.49. The first-order chi connectivity index (χ1) is 14.8. The van der Waals surface area contributed by atoms with Gasteiger partial charge in [0.25, 0.3) is 0 Å². The van der Waals surface area contributed by atoms with E-state index in [1.807, 2.05) is 12.3 Å². The minimum Gasteiger partial charge on any atom is -0.378 e. The summed E-state index contributed by atoms with van der Waals surface area (Å²) in [5.41, 5.74) is 2.81. The van der Waals surface area contributed by atoms with Gasteiger partial charge < -0.3 is 20.3 Å². The predicted molar refractivity (Wildman–Crippen MR) is 122 cm³/mol. The number of rotatable bonds is 7. The van der Waals surface area contributed by atoms with Gasteiger partial charge in [-0.3, -0.25) is 0 Å². The SMILES string of the molecule is CCNC(=NCc1cccnc1N1CCOCC1)NCC1(c2ccccc2)CCC1. The minimum absolute atomic E-state index is 0.227. The number of benzene rings is 1. The Bertz CT molecular complexity index is 828. The summed E-state index contributed by atoms with van der Waals surface area (Å²) in [6.45, 7) is 7.73. The highest BCUT2D eigenvalue weighted by Crippen LogP contribution is 2.43. The van der Waals surface area contributed by atoms with Crippen LogP contribution in [0, 0.1) is 0 Å². The summed E-state index contributed by atoms with van der Waals surface area (Å²) in [5.74, 6) is 1.90. The third kappa shape index (κ3) is 4.75. The highest BCUT2D eigenvalue weighted by Gasteiger charge is 2.38. The van der Waals surface area contributed by atoms with Crippen molar-refractivity contribution in [2.24, 2.45) is 4.99 Å². The zero-order chi connectivity index (χ0) is 20.7. The summed E-state index contributed by atoms with van der Waals surface area (Å²) in [4.78, 5) is 11.8. The van der Waals surface area contributed by atoms with Gasteiger partial charge in [-0.05, 0) is 31.4 Å². The minimum atomic E-state index is 0.227. The second-order valence-electron chi connectivity index (χ2n) is 8.13. The van der Waals surface area contributed by atoms with Crippen LogP contribution in [0.5, 0.6) is 0 Å². The molecule has 1 saturated carbocycles. The lowest BCUT2D eigenvalue weighted by molar-refractivity contribution is 0.122. The molecule has 4 rings (SSSR count). The van der Waals surface area contributed by atoms with Crippen LogP contribution >= 0.6 is 0 Å². The fourth-order valence-corrected chi connectivity index (χ4v) is 4.34. The molecule has 2 aliphatic rings. The average Bonchev–Trinajstić information content (AvgIpc) is 2.78. The molecule has 0 amide bonds. The van der Waals surface area contributed by atoms with Crippen molar-refractivity contribution in [1.82, 2.24) is 15.6 Å². The second kappa shape index (κ2) is 9.94. The summed E-state index contributed by atoms with van der Waals surface area (Å²) >= 11 is 0. The largest absolute Gasteiger partial charge is 0.378 e. The van der Waals surface area contributed by atoms with Gasteiger partial charge >= 0.3 is 0 Å². The maximum atomic E-state index is 5.49. The van der Waals surface area contributed by atoms with Crippen LogP contribution in [0.15, 0.2) is 53.7 Å². The van der Waals surface area contributed by atoms with Crippen LogP contribution in [0.4, 0.5) is 5.82 Å². The van der Waals surface area contributed by atoms with Crippen LogP contribution in [-0.4, -0.2) is 50.3 Å². The number of morpholine rings is 1. The molecule has 1 saturated heterocycles. The lowest BCUT2D eigenvalue weighted by atomic mass is 9.64. The number of hydrogen-bond acceptors (Lipinski definition) is 4. The summed E-state index contributed by atoms with van der Waals surface area (Å²) in [6, 6.07) is 15.0. The molecular weight excluding hydrogens is 374 g/mol. The van der Waals surface area contributed by atoms with Gasteiger partial charge in [0.2, 0.25) is 0 Å². The molecule has 1 aliphatic heterocycles. The van der Waals surface area contributed by atoms with Crippen molar-refractivity contribution in [1.29, 1.82) is 0 Å². The molecule has 0 unspecified atom stereocenters. The lowest BCUT2D eigenvalue weighted by Gasteiger charge is -2.43. The van der Waals surface area contributed by atoms with E-state index in [4.69, 9.17) is 9.73 Å². The number of aliphatic imine (C=N–C) groups is 1. The van der Waals surface area contributed by atoms with Crippen molar-refractivity contribution in [3.8, 4) is 0 Å². The number of pyridine rings is 1. The third-order valence-electron chi connectivity index (χ3n) is 6.22. The Morgan fingerprint density at radius 2 is 1.90 bits per heavy atom. The van der Waals surface area contributed by atoms with Crippen molar-refractivity contribution < 1.29 is 4.74 Å². The molecule has 2 heterocycles. The molecule has 6 heteroatoms. The van der Waals surface area contributed by atoms with Crippen molar-refractivity contribution in [3.63, 3.8) is 0 Å². The molecule has 0 bridgehead atoms. The summed E-state index contributed by atoms with van der Waals surface area (Å²) in [5, 5.41) is 7.03. The second-order valence-corrected chi connectivity index (χ2v) is 8.13. The molecule has 6 nitrogen and oxygen atoms in total. The van der Waals surface area contributed by atoms with Crippen molar-refractivity contribution in [2.45, 2.75) is 38.1 Å². The van der Waals surface area contributed by atoms with E-state index in [1.165, 1.54) is 24.8 Å². The van der Waals surface area contributed by atoms with Crippen molar-refractivity contribution in [2.75, 3.05) is 44.3 Å². The van der Waals surface area contributed by atoms with Crippen LogP contribution in [-0.2, 0) is 16.7 Å². The van der Waals surface area contributed by atoms with Gasteiger partial charge in [0, 0.05) is 43.4 Å². The van der Waals surface area contributed by atoms with Crippen molar-refractivity contribution >= 4 is 11.8 Å². The molecule has 2 aromatic rings. The molecule has 1 aromatic heterocycles. The highest BCUT2D eigenvalue weighted by atomic mass is 16.5. The first-order valence-corrected chi connectivity index (χ1v) is 11.1. The van der Waals surface area contributed by atoms with E-state index in [0.29, 0.717) is 6.54 Å². The van der Waals surface area contributed by atoms with E-state index >= 15 is 0 Å². The first-order valence-electron chi connectivity index (χ1n) is 11.1. The van der Waals surface area contributed by atoms with Crippen LogP contribution in [0.3, 0.4) is 0 Å². The molecule has 2 fully saturated rings. The van der Waals surface area contributed by atoms with E-state index in [0.717, 1.165) is 56.7 Å². The Hall–Kier alpha value is -2.60. The van der Waals surface area contributed by atoms with E-state index in [2.05, 4.69) is 63.8 Å². The quantitative estimate of drug-likeness (QED) is 0.546. The Morgan fingerprint density at radius 1 is 1.10 bits per heavy atom. The van der Waals surface area contributed by atoms with Crippen molar-refractivity contribution in [3.05, 3.63) is 59.8 Å². The van der Waals surface area contributed by atoms with Gasteiger partial charge in [0.15, 0.2) is 5.96 Å². The number of nitrogens with zero attached hydrogens (tertiary/aromatic N) is 3. The number of hydrogen-bond donors (Lipinski definition) is 2. The molecule has 1 aliphatic carbocycles. The summed E-state index contributed by atoms with van der Waals surface area (Å²) in [6.07, 6.45) is 5.62.